The van der Waals surface area contributed by atoms with Gasteiger partial charge in [0.2, 0.25) is 0 Å². The first-order valence-electron chi connectivity index (χ1n) is 13.3. The van der Waals surface area contributed by atoms with Gasteiger partial charge in [-0.25, -0.2) is 0 Å². The maximum absolute atomic E-state index is 14.8. The van der Waals surface area contributed by atoms with Crippen LogP contribution in [0, 0.1) is 5.82 Å². The van der Waals surface area contributed by atoms with E-state index in [2.05, 4.69) is 0 Å². The number of rotatable bonds is 8. The predicted molar refractivity (Wildman–Crippen MR) is 157 cm³/mol. The van der Waals surface area contributed by atoms with Gasteiger partial charge in [0, 0.05) is 0 Å². The second-order valence-electron chi connectivity index (χ2n) is 10.1. The second kappa shape index (κ2) is 12.2. The molecule has 0 spiro atoms. The third-order valence-corrected chi connectivity index (χ3v) is 12.2. The fraction of sp³-hybridized carbons (Fsp3) is 0.118. The summed E-state index contributed by atoms with van der Waals surface area (Å²) in [6, 6.07) is 34.6. The van der Waals surface area contributed by atoms with Gasteiger partial charge in [-0.2, -0.15) is 0 Å². The number of hydrogen-bond donors (Lipinski definition) is 0. The zero-order valence-electron chi connectivity index (χ0n) is 22.6. The van der Waals surface area contributed by atoms with Crippen molar-refractivity contribution < 1.29 is 35.5 Å². The van der Waals surface area contributed by atoms with Crippen molar-refractivity contribution in [2.24, 2.45) is 0 Å². The Kier molecular flexibility index (Phi) is 8.61. The van der Waals surface area contributed by atoms with Crippen molar-refractivity contribution in [2.75, 3.05) is 0 Å². The quantitative estimate of drug-likeness (QED) is 0.126. The van der Waals surface area contributed by atoms with Crippen LogP contribution in [0.25, 0.3) is 0 Å². The molecule has 0 unspecified atom stereocenters. The third kappa shape index (κ3) is 6.75. The predicted octanol–water partition coefficient (Wildman–Crippen LogP) is 8.67. The average molecular weight is 615 g/mol. The molecule has 0 N–H and O–H groups in total. The van der Waals surface area contributed by atoms with Crippen LogP contribution in [0.3, 0.4) is 0 Å². The normalized spacial score (nSPS) is 12.6. The summed E-state index contributed by atoms with van der Waals surface area (Å²) < 4.78 is 101. The summed E-state index contributed by atoms with van der Waals surface area (Å²) in [7, 11) is -2.94. The second-order valence-corrected chi connectivity index (χ2v) is 14.0. The molecule has 0 aliphatic carbocycles. The summed E-state index contributed by atoms with van der Waals surface area (Å²) in [5, 5.41) is 3.11. The Morgan fingerprint density at radius 3 is 1.40 bits per heavy atom. The van der Waals surface area contributed by atoms with E-state index < -0.39 is 43.2 Å². The molecule has 0 saturated carbocycles. The molecule has 0 atom stereocenters. The summed E-state index contributed by atoms with van der Waals surface area (Å²) in [5.74, 6) is -0.370. The van der Waals surface area contributed by atoms with Gasteiger partial charge in [-0.15, -0.1) is 0 Å². The Morgan fingerprint density at radius 2 is 0.977 bits per heavy atom. The fourth-order valence-corrected chi connectivity index (χ4v) is 10.1. The third-order valence-electron chi connectivity index (χ3n) is 7.32. The van der Waals surface area contributed by atoms with Gasteiger partial charge in [0.05, 0.1) is 0 Å². The topological polar surface area (TPSA) is 9.23 Å². The van der Waals surface area contributed by atoms with E-state index in [0.717, 1.165) is 22.0 Å². The van der Waals surface area contributed by atoms with Crippen molar-refractivity contribution in [3.63, 3.8) is 0 Å². The fourth-order valence-electron chi connectivity index (χ4n) is 5.35. The molecule has 43 heavy (non-hydrogen) atoms. The van der Waals surface area contributed by atoms with Gasteiger partial charge in [-0.3, -0.25) is 0 Å². The molecule has 1 nitrogen and oxygen atoms in total. The molecular weight excluding hydrogens is 588 g/mol. The van der Waals surface area contributed by atoms with Crippen LogP contribution in [0.1, 0.15) is 22.3 Å². The van der Waals surface area contributed by atoms with Crippen molar-refractivity contribution in [3.8, 4) is 5.75 Å². The average Bonchev–Trinajstić information content (AvgIpc) is 3.00. The molecule has 0 amide bonds. The molecule has 5 aromatic rings. The molecule has 0 radical (unpaired) electrons. The molecule has 0 aromatic heterocycles. The summed E-state index contributed by atoms with van der Waals surface area (Å²) >= 11 is 0. The Bertz CT molecular complexity index is 1540. The van der Waals surface area contributed by atoms with Crippen LogP contribution < -0.4 is 20.7 Å². The van der Waals surface area contributed by atoms with E-state index in [1.807, 2.05) is 91.0 Å². The van der Waals surface area contributed by atoms with Gasteiger partial charge in [-0.1, -0.05) is 0 Å². The minimum atomic E-state index is -4.98. The molecule has 5 aromatic carbocycles. The first-order valence-corrected chi connectivity index (χ1v) is 15.5. The standard InChI is InChI=1S/C34H26F7OP/c35-28-16-17-32(42-22-24-18-26(33(36,37)38)21-27(19-24)34(39,40)41)25(20-28)23-43(29-10-4-1-5-11-29,30-12-6-2-7-13-30)31-14-8-3-9-15-31/h1-21,43H,22-23H2. The van der Waals surface area contributed by atoms with Gasteiger partial charge in [-0.05, 0) is 0 Å². The van der Waals surface area contributed by atoms with Crippen molar-refractivity contribution in [3.05, 3.63) is 155 Å². The molecule has 0 bridgehead atoms. The zero-order valence-corrected chi connectivity index (χ0v) is 23.6. The summed E-state index contributed by atoms with van der Waals surface area (Å²) in [4.78, 5) is 0. The molecule has 0 saturated heterocycles. The number of ether oxygens (including phenoxy) is 1. The van der Waals surface area contributed by atoms with E-state index in [4.69, 9.17) is 4.74 Å². The first kappa shape index (κ1) is 30.3. The Labute approximate surface area is 244 Å². The summed E-state index contributed by atoms with van der Waals surface area (Å²) in [6.07, 6.45) is -9.65. The van der Waals surface area contributed by atoms with Gasteiger partial charge in [0.15, 0.2) is 0 Å². The molecule has 0 aliphatic rings. The monoisotopic (exact) mass is 614 g/mol. The van der Waals surface area contributed by atoms with E-state index in [1.54, 1.807) is 0 Å². The molecule has 0 fully saturated rings. The van der Waals surface area contributed by atoms with Crippen LogP contribution in [0.2, 0.25) is 0 Å². The van der Waals surface area contributed by atoms with Crippen LogP contribution in [-0.4, -0.2) is 0 Å². The Hall–Kier alpha value is -4.16. The molecule has 9 heteroatoms. The Morgan fingerprint density at radius 1 is 0.535 bits per heavy atom. The van der Waals surface area contributed by atoms with Crippen molar-refractivity contribution in [1.29, 1.82) is 0 Å². The SMILES string of the molecule is Fc1ccc(OCc2cc(C(F)(F)F)cc(C(F)(F)F)c2)c(C[PH](c2ccccc2)(c2ccccc2)c2ccccc2)c1. The van der Waals surface area contributed by atoms with E-state index in [9.17, 15) is 30.7 Å². The van der Waals surface area contributed by atoms with Crippen LogP contribution >= 0.6 is 7.26 Å². The number of alkyl halides is 6. The van der Waals surface area contributed by atoms with Gasteiger partial charge in [0.1, 0.15) is 0 Å². The first-order chi connectivity index (χ1) is 20.5. The number of halogens is 7. The Balaban J connectivity index is 1.61. The van der Waals surface area contributed by atoms with E-state index in [0.29, 0.717) is 23.9 Å². The van der Waals surface area contributed by atoms with Crippen molar-refractivity contribution in [1.82, 2.24) is 0 Å². The van der Waals surface area contributed by atoms with Crippen LogP contribution in [-0.2, 0) is 25.1 Å². The van der Waals surface area contributed by atoms with Crippen LogP contribution in [0.15, 0.2) is 127 Å². The molecule has 0 heterocycles. The van der Waals surface area contributed by atoms with Gasteiger partial charge in [0.25, 0.3) is 0 Å². The van der Waals surface area contributed by atoms with E-state index in [1.165, 1.54) is 12.1 Å². The molecule has 5 rings (SSSR count). The molecule has 222 valence electrons. The van der Waals surface area contributed by atoms with Crippen molar-refractivity contribution >= 4 is 23.2 Å². The summed E-state index contributed by atoms with van der Waals surface area (Å²) in [6.45, 7) is -0.581. The molecule has 0 aliphatic heterocycles. The molecular formula is C34H26F7OP. The van der Waals surface area contributed by atoms with Crippen LogP contribution in [0.5, 0.6) is 5.75 Å². The minimum absolute atomic E-state index is 0.0758. The number of benzene rings is 5. The van der Waals surface area contributed by atoms with E-state index >= 15 is 0 Å². The van der Waals surface area contributed by atoms with E-state index in [-0.39, 0.29) is 17.4 Å². The maximum atomic E-state index is 14.8. The van der Waals surface area contributed by atoms with Gasteiger partial charge >= 0.3 is 245 Å². The van der Waals surface area contributed by atoms with Crippen molar-refractivity contribution in [2.45, 2.75) is 25.1 Å². The zero-order chi connectivity index (χ0) is 30.7. The van der Waals surface area contributed by atoms with Gasteiger partial charge < -0.3 is 0 Å². The summed E-state index contributed by atoms with van der Waals surface area (Å²) in [5.41, 5.74) is -2.71. The number of hydrogen-bond acceptors (Lipinski definition) is 1. The van der Waals surface area contributed by atoms with Crippen LogP contribution in [0.4, 0.5) is 30.7 Å².